The maximum absolute atomic E-state index is 5.43. The van der Waals surface area contributed by atoms with Crippen molar-refractivity contribution in [3.8, 4) is 0 Å². The van der Waals surface area contributed by atoms with Gasteiger partial charge < -0.3 is 11.1 Å². The van der Waals surface area contributed by atoms with Gasteiger partial charge in [0.05, 0.1) is 0 Å². The summed E-state index contributed by atoms with van der Waals surface area (Å²) in [5.74, 6) is 2.11. The van der Waals surface area contributed by atoms with Crippen LogP contribution in [-0.4, -0.2) is 32.5 Å². The monoisotopic (exact) mass is 211 g/mol. The van der Waals surface area contributed by atoms with E-state index in [9.17, 15) is 0 Å². The second kappa shape index (κ2) is 4.45. The summed E-state index contributed by atoms with van der Waals surface area (Å²) < 4.78 is 0. The Morgan fingerprint density at radius 2 is 2.50 bits per heavy atom. The fourth-order valence-corrected chi connectivity index (χ4v) is 2.61. The second-order valence-corrected chi connectivity index (χ2v) is 4.59. The zero-order chi connectivity index (χ0) is 9.80. The first-order valence-electron chi connectivity index (χ1n) is 4.64. The van der Waals surface area contributed by atoms with Crippen molar-refractivity contribution in [2.45, 2.75) is 18.1 Å². The van der Waals surface area contributed by atoms with Crippen molar-refractivity contribution in [1.82, 2.24) is 15.0 Å². The molecule has 1 saturated heterocycles. The second-order valence-electron chi connectivity index (χ2n) is 3.18. The molecule has 2 heterocycles. The summed E-state index contributed by atoms with van der Waals surface area (Å²) in [4.78, 5) is 11.7. The van der Waals surface area contributed by atoms with Gasteiger partial charge in [-0.15, -0.1) is 0 Å². The van der Waals surface area contributed by atoms with Crippen LogP contribution in [0.25, 0.3) is 0 Å². The minimum Gasteiger partial charge on any atom is -0.368 e. The fraction of sp³-hybridized carbons (Fsp3) is 0.625. The van der Waals surface area contributed by atoms with Crippen molar-refractivity contribution in [2.75, 3.05) is 23.3 Å². The Balaban J connectivity index is 1.85. The minimum atomic E-state index is 0.265. The number of aromatic nitrogens is 3. The van der Waals surface area contributed by atoms with E-state index in [0.29, 0.717) is 11.2 Å². The molecule has 0 amide bonds. The van der Waals surface area contributed by atoms with Crippen LogP contribution in [0.2, 0.25) is 0 Å². The molecule has 0 aromatic carbocycles. The van der Waals surface area contributed by atoms with E-state index in [-0.39, 0.29) is 5.95 Å². The summed E-state index contributed by atoms with van der Waals surface area (Å²) in [6, 6.07) is 0. The van der Waals surface area contributed by atoms with Crippen molar-refractivity contribution in [3.63, 3.8) is 0 Å². The Morgan fingerprint density at radius 3 is 3.21 bits per heavy atom. The van der Waals surface area contributed by atoms with Gasteiger partial charge in [0.15, 0.2) is 0 Å². The number of hydrogen-bond donors (Lipinski definition) is 2. The van der Waals surface area contributed by atoms with Gasteiger partial charge in [-0.2, -0.15) is 16.7 Å². The molecule has 0 aliphatic carbocycles. The van der Waals surface area contributed by atoms with Crippen molar-refractivity contribution >= 4 is 23.7 Å². The summed E-state index contributed by atoms with van der Waals surface area (Å²) in [7, 11) is 0. The van der Waals surface area contributed by atoms with Gasteiger partial charge in [0.25, 0.3) is 0 Å². The number of nitrogens with zero attached hydrogens (tertiary/aromatic N) is 3. The first-order chi connectivity index (χ1) is 6.84. The smallest absolute Gasteiger partial charge is 0.227 e. The van der Waals surface area contributed by atoms with Crippen LogP contribution < -0.4 is 11.1 Å². The van der Waals surface area contributed by atoms with Crippen LogP contribution in [0.5, 0.6) is 0 Å². The van der Waals surface area contributed by atoms with E-state index in [1.54, 1.807) is 0 Å². The molecule has 6 heteroatoms. The van der Waals surface area contributed by atoms with E-state index < -0.39 is 0 Å². The van der Waals surface area contributed by atoms with Crippen molar-refractivity contribution in [3.05, 3.63) is 6.33 Å². The Morgan fingerprint density at radius 1 is 1.57 bits per heavy atom. The van der Waals surface area contributed by atoms with Crippen LogP contribution >= 0.6 is 11.8 Å². The molecule has 1 aromatic heterocycles. The van der Waals surface area contributed by atoms with Crippen molar-refractivity contribution in [1.29, 1.82) is 0 Å². The molecule has 1 atom stereocenters. The van der Waals surface area contributed by atoms with E-state index in [4.69, 9.17) is 5.73 Å². The summed E-state index contributed by atoms with van der Waals surface area (Å²) in [6.45, 7) is 0.911. The van der Waals surface area contributed by atoms with Gasteiger partial charge in [-0.25, -0.2) is 9.97 Å². The van der Waals surface area contributed by atoms with Crippen LogP contribution in [-0.2, 0) is 0 Å². The highest BCUT2D eigenvalue weighted by molar-refractivity contribution is 8.00. The molecule has 3 N–H and O–H groups in total. The molecular weight excluding hydrogens is 198 g/mol. The van der Waals surface area contributed by atoms with Crippen molar-refractivity contribution < 1.29 is 0 Å². The van der Waals surface area contributed by atoms with Crippen LogP contribution in [0.15, 0.2) is 6.33 Å². The Hall–Kier alpha value is -1.04. The van der Waals surface area contributed by atoms with Gasteiger partial charge in [0.1, 0.15) is 6.33 Å². The first kappa shape index (κ1) is 9.51. The average molecular weight is 211 g/mol. The average Bonchev–Trinajstić information content (AvgIpc) is 2.67. The topological polar surface area (TPSA) is 76.7 Å². The summed E-state index contributed by atoms with van der Waals surface area (Å²) >= 11 is 2.00. The van der Waals surface area contributed by atoms with Crippen LogP contribution in [0.3, 0.4) is 0 Å². The highest BCUT2D eigenvalue weighted by Gasteiger charge is 2.15. The fourth-order valence-electron chi connectivity index (χ4n) is 1.40. The van der Waals surface area contributed by atoms with Gasteiger partial charge >= 0.3 is 0 Å². The predicted octanol–water partition coefficient (Wildman–Crippen LogP) is 0.761. The Labute approximate surface area is 86.9 Å². The minimum absolute atomic E-state index is 0.265. The van der Waals surface area contributed by atoms with Crippen LogP contribution in [0, 0.1) is 0 Å². The number of nitrogens with one attached hydrogen (secondary N) is 1. The Kier molecular flexibility index (Phi) is 3.03. The van der Waals surface area contributed by atoms with E-state index in [1.807, 2.05) is 11.8 Å². The number of thioether (sulfide) groups is 1. The molecular formula is C8H13N5S. The van der Waals surface area contributed by atoms with Crippen LogP contribution in [0.1, 0.15) is 12.8 Å². The largest absolute Gasteiger partial charge is 0.368 e. The van der Waals surface area contributed by atoms with Crippen LogP contribution in [0.4, 0.5) is 11.9 Å². The van der Waals surface area contributed by atoms with E-state index in [1.165, 1.54) is 24.9 Å². The van der Waals surface area contributed by atoms with Gasteiger partial charge in [-0.3, -0.25) is 0 Å². The van der Waals surface area contributed by atoms with E-state index in [2.05, 4.69) is 20.3 Å². The number of rotatable bonds is 3. The molecule has 5 nitrogen and oxygen atoms in total. The molecule has 14 heavy (non-hydrogen) atoms. The molecule has 0 bridgehead atoms. The highest BCUT2D eigenvalue weighted by atomic mass is 32.2. The third-order valence-electron chi connectivity index (χ3n) is 2.10. The molecule has 76 valence electrons. The molecule has 1 aliphatic rings. The number of nitrogen functional groups attached to an aromatic ring is 1. The molecule has 0 radical (unpaired) electrons. The first-order valence-corrected chi connectivity index (χ1v) is 5.69. The van der Waals surface area contributed by atoms with Crippen molar-refractivity contribution in [2.24, 2.45) is 0 Å². The summed E-state index contributed by atoms with van der Waals surface area (Å²) in [5.41, 5.74) is 5.43. The SMILES string of the molecule is Nc1ncnc(NCC2CCCS2)n1. The molecule has 1 fully saturated rings. The zero-order valence-corrected chi connectivity index (χ0v) is 8.63. The summed E-state index contributed by atoms with van der Waals surface area (Å²) in [5, 5.41) is 3.85. The lowest BCUT2D eigenvalue weighted by Gasteiger charge is -2.09. The molecule has 0 spiro atoms. The van der Waals surface area contributed by atoms with Gasteiger partial charge in [0.2, 0.25) is 11.9 Å². The third kappa shape index (κ3) is 2.47. The molecule has 1 aliphatic heterocycles. The van der Waals surface area contributed by atoms with Gasteiger partial charge in [0, 0.05) is 11.8 Å². The lowest BCUT2D eigenvalue weighted by molar-refractivity contribution is 0.799. The number of anilines is 2. The number of nitrogens with two attached hydrogens (primary N) is 1. The highest BCUT2D eigenvalue weighted by Crippen LogP contribution is 2.25. The lowest BCUT2D eigenvalue weighted by Crippen LogP contribution is -2.15. The van der Waals surface area contributed by atoms with Gasteiger partial charge in [-0.05, 0) is 18.6 Å². The van der Waals surface area contributed by atoms with E-state index >= 15 is 0 Å². The molecule has 2 rings (SSSR count). The lowest BCUT2D eigenvalue weighted by atomic mass is 10.2. The van der Waals surface area contributed by atoms with E-state index in [0.717, 1.165) is 6.54 Å². The standard InChI is InChI=1S/C8H13N5S/c9-7-11-5-12-8(13-7)10-4-6-2-1-3-14-6/h5-6H,1-4H2,(H3,9,10,11,12,13). The third-order valence-corrected chi connectivity index (χ3v) is 3.50. The summed E-state index contributed by atoms with van der Waals surface area (Å²) in [6.07, 6.45) is 4.01. The maximum atomic E-state index is 5.43. The molecule has 1 unspecified atom stereocenters. The molecule has 1 aromatic rings. The van der Waals surface area contributed by atoms with Gasteiger partial charge in [-0.1, -0.05) is 0 Å². The Bertz CT molecular complexity index is 300. The molecule has 0 saturated carbocycles. The predicted molar refractivity (Wildman–Crippen MR) is 58.2 cm³/mol. The normalized spacial score (nSPS) is 21.0. The zero-order valence-electron chi connectivity index (χ0n) is 7.81. The maximum Gasteiger partial charge on any atom is 0.227 e. The quantitative estimate of drug-likeness (QED) is 0.768. The number of hydrogen-bond acceptors (Lipinski definition) is 6.